The molecule has 6 aromatic carbocycles. The van der Waals surface area contributed by atoms with Crippen molar-refractivity contribution in [3.63, 3.8) is 0 Å². The summed E-state index contributed by atoms with van der Waals surface area (Å²) < 4.78 is 18.1. The summed E-state index contributed by atoms with van der Waals surface area (Å²) in [5.41, 5.74) is 7.50. The summed E-state index contributed by atoms with van der Waals surface area (Å²) in [7, 11) is 0. The molecular weight excluding hydrogens is 508 g/mol. The van der Waals surface area contributed by atoms with Gasteiger partial charge in [0.05, 0.1) is 5.39 Å². The maximum absolute atomic E-state index is 13.4. The summed E-state index contributed by atoms with van der Waals surface area (Å²) in [4.78, 5) is 13.4. The van der Waals surface area contributed by atoms with Gasteiger partial charge in [0.25, 0.3) is 0 Å². The van der Waals surface area contributed by atoms with Gasteiger partial charge in [-0.1, -0.05) is 78.9 Å². The molecule has 0 bridgehead atoms. The molecule has 0 spiro atoms. The average molecular weight is 529 g/mol. The summed E-state index contributed by atoms with van der Waals surface area (Å²) in [6, 6.07) is 40.3. The zero-order valence-corrected chi connectivity index (χ0v) is 21.7. The average Bonchev–Trinajstić information content (AvgIpc) is 3.59. The van der Waals surface area contributed by atoms with Crippen LogP contribution in [0, 0.1) is 0 Å². The number of fused-ring (bicyclic) bond motifs is 9. The predicted octanol–water partition coefficient (Wildman–Crippen LogP) is 10.1. The number of hydrogen-bond acceptors (Lipinski definition) is 4. The summed E-state index contributed by atoms with van der Waals surface area (Å²) in [5, 5.41) is 6.52. The molecule has 0 atom stereocenters. The van der Waals surface area contributed by atoms with E-state index >= 15 is 0 Å². The van der Waals surface area contributed by atoms with Gasteiger partial charge in [-0.2, -0.15) is 0 Å². The third-order valence-electron chi connectivity index (χ3n) is 8.14. The molecule has 0 saturated carbocycles. The molecule has 0 unspecified atom stereocenters. The minimum absolute atomic E-state index is 0.359. The van der Waals surface area contributed by atoms with E-state index in [2.05, 4.69) is 36.4 Å². The Labute approximate surface area is 232 Å². The van der Waals surface area contributed by atoms with Crippen LogP contribution in [0.2, 0.25) is 0 Å². The highest BCUT2D eigenvalue weighted by Gasteiger charge is 2.16. The summed E-state index contributed by atoms with van der Waals surface area (Å²) in [5.74, 6) is 0. The Morgan fingerprint density at radius 3 is 1.54 bits per heavy atom. The van der Waals surface area contributed by atoms with E-state index in [4.69, 9.17) is 13.3 Å². The van der Waals surface area contributed by atoms with Crippen molar-refractivity contribution >= 4 is 65.6 Å². The van der Waals surface area contributed by atoms with Crippen LogP contribution >= 0.6 is 0 Å². The first-order valence-electron chi connectivity index (χ1n) is 13.5. The molecule has 41 heavy (non-hydrogen) atoms. The summed E-state index contributed by atoms with van der Waals surface area (Å²) in [6.45, 7) is 0. The lowest BCUT2D eigenvalue weighted by molar-refractivity contribution is 0.570. The van der Waals surface area contributed by atoms with Crippen molar-refractivity contribution in [2.45, 2.75) is 0 Å². The highest BCUT2D eigenvalue weighted by molar-refractivity contribution is 6.15. The van der Waals surface area contributed by atoms with Crippen LogP contribution in [0.5, 0.6) is 0 Å². The van der Waals surface area contributed by atoms with E-state index in [9.17, 15) is 4.79 Å². The molecule has 0 fully saturated rings. The normalized spacial score (nSPS) is 12.0. The van der Waals surface area contributed by atoms with E-state index in [0.29, 0.717) is 11.0 Å². The molecule has 0 aliphatic heterocycles. The Balaban J connectivity index is 1.24. The lowest BCUT2D eigenvalue weighted by atomic mass is 9.95. The van der Waals surface area contributed by atoms with Crippen molar-refractivity contribution in [3.05, 3.63) is 132 Å². The van der Waals surface area contributed by atoms with Crippen molar-refractivity contribution in [1.82, 2.24) is 0 Å². The smallest absolute Gasteiger partial charge is 0.344 e. The quantitative estimate of drug-likeness (QED) is 0.165. The van der Waals surface area contributed by atoms with E-state index in [1.807, 2.05) is 84.9 Å². The molecule has 4 heteroatoms. The van der Waals surface area contributed by atoms with Gasteiger partial charge >= 0.3 is 5.63 Å². The van der Waals surface area contributed by atoms with Crippen LogP contribution in [-0.4, -0.2) is 0 Å². The van der Waals surface area contributed by atoms with E-state index in [1.165, 1.54) is 0 Å². The van der Waals surface area contributed by atoms with Crippen molar-refractivity contribution < 1.29 is 13.3 Å². The minimum atomic E-state index is -0.359. The van der Waals surface area contributed by atoms with Crippen LogP contribution < -0.4 is 5.63 Å². The highest BCUT2D eigenvalue weighted by atomic mass is 16.4. The second-order valence-electron chi connectivity index (χ2n) is 10.4. The van der Waals surface area contributed by atoms with Crippen LogP contribution in [0.4, 0.5) is 0 Å². The van der Waals surface area contributed by atoms with Crippen molar-refractivity contribution in [3.8, 4) is 22.3 Å². The van der Waals surface area contributed by atoms with E-state index in [0.717, 1.165) is 76.9 Å². The number of hydrogen-bond donors (Lipinski definition) is 0. The molecule has 9 aromatic rings. The van der Waals surface area contributed by atoms with Gasteiger partial charge in [-0.25, -0.2) is 4.79 Å². The van der Waals surface area contributed by atoms with E-state index in [-0.39, 0.29) is 5.63 Å². The molecule has 0 N–H and O–H groups in total. The minimum Gasteiger partial charge on any atom is -0.456 e. The largest absolute Gasteiger partial charge is 0.456 e. The number of rotatable bonds is 2. The van der Waals surface area contributed by atoms with Gasteiger partial charge in [-0.05, 0) is 70.1 Å². The van der Waals surface area contributed by atoms with Crippen molar-refractivity contribution in [2.75, 3.05) is 0 Å². The number of furan rings is 2. The molecule has 0 radical (unpaired) electrons. The summed E-state index contributed by atoms with van der Waals surface area (Å²) >= 11 is 0. The molecule has 0 aliphatic carbocycles. The van der Waals surface area contributed by atoms with Crippen LogP contribution in [0.3, 0.4) is 0 Å². The van der Waals surface area contributed by atoms with Crippen LogP contribution in [0.1, 0.15) is 0 Å². The lowest BCUT2D eigenvalue weighted by Crippen LogP contribution is -2.00. The highest BCUT2D eigenvalue weighted by Crippen LogP contribution is 2.40. The molecule has 0 aliphatic rings. The van der Waals surface area contributed by atoms with E-state index < -0.39 is 0 Å². The zero-order chi connectivity index (χ0) is 27.1. The van der Waals surface area contributed by atoms with Crippen molar-refractivity contribution in [2.24, 2.45) is 0 Å². The maximum Gasteiger partial charge on any atom is 0.344 e. The van der Waals surface area contributed by atoms with Gasteiger partial charge < -0.3 is 13.3 Å². The van der Waals surface area contributed by atoms with Crippen LogP contribution in [0.25, 0.3) is 87.9 Å². The summed E-state index contributed by atoms with van der Waals surface area (Å²) in [6.07, 6.45) is 0. The fourth-order valence-electron chi connectivity index (χ4n) is 6.30. The van der Waals surface area contributed by atoms with Gasteiger partial charge in [-0.15, -0.1) is 0 Å². The van der Waals surface area contributed by atoms with Gasteiger partial charge in [0, 0.05) is 26.9 Å². The third kappa shape index (κ3) is 3.19. The molecule has 4 nitrogen and oxygen atoms in total. The third-order valence-corrected chi connectivity index (χ3v) is 8.14. The molecule has 0 saturated heterocycles. The number of benzene rings is 6. The predicted molar refractivity (Wildman–Crippen MR) is 165 cm³/mol. The molecule has 192 valence electrons. The molecule has 9 rings (SSSR count). The topological polar surface area (TPSA) is 56.5 Å². The van der Waals surface area contributed by atoms with Gasteiger partial charge in [0.2, 0.25) is 0 Å². The van der Waals surface area contributed by atoms with Gasteiger partial charge in [0.1, 0.15) is 27.9 Å². The molecule has 3 heterocycles. The molecular formula is C37H20O4. The molecule has 3 aromatic heterocycles. The van der Waals surface area contributed by atoms with Crippen LogP contribution in [-0.2, 0) is 0 Å². The zero-order valence-electron chi connectivity index (χ0n) is 21.7. The standard InChI is InChI=1S/C37H20O4/c38-37-29-19-21(23-9-5-13-32-35(23)27-7-1-3-11-30(27)39-32)15-17-25(29)26-18-16-22(20-34(26)41-37)24-10-6-14-33-36(24)28-8-2-4-12-31(28)40-33/h1-20H. The van der Waals surface area contributed by atoms with Crippen LogP contribution in [0.15, 0.2) is 139 Å². The Hall–Kier alpha value is -5.61. The second kappa shape index (κ2) is 8.20. The first kappa shape index (κ1) is 22.2. The van der Waals surface area contributed by atoms with Gasteiger partial charge in [-0.3, -0.25) is 0 Å². The fraction of sp³-hybridized carbons (Fsp3) is 0. The Morgan fingerprint density at radius 2 is 0.902 bits per heavy atom. The van der Waals surface area contributed by atoms with Gasteiger partial charge in [0.15, 0.2) is 0 Å². The first-order chi connectivity index (χ1) is 20.2. The SMILES string of the molecule is O=c1oc2cc(-c3cccc4oc5ccccc5c34)ccc2c2ccc(-c3cccc4oc5ccccc5c34)cc12. The second-order valence-corrected chi connectivity index (χ2v) is 10.4. The Bertz CT molecular complexity index is 2560. The maximum atomic E-state index is 13.4. The number of para-hydroxylation sites is 2. The Kier molecular flexibility index (Phi) is 4.44. The molecule has 0 amide bonds. The first-order valence-corrected chi connectivity index (χ1v) is 13.5. The lowest BCUT2D eigenvalue weighted by Gasteiger charge is -2.09. The van der Waals surface area contributed by atoms with E-state index in [1.54, 1.807) is 0 Å². The monoisotopic (exact) mass is 528 g/mol. The Morgan fingerprint density at radius 1 is 0.366 bits per heavy atom. The van der Waals surface area contributed by atoms with Crippen molar-refractivity contribution in [1.29, 1.82) is 0 Å². The fourth-order valence-corrected chi connectivity index (χ4v) is 6.30.